The van der Waals surface area contributed by atoms with Gasteiger partial charge in [-0.05, 0) is 48.5 Å². The molecule has 4 rings (SSSR count). The van der Waals surface area contributed by atoms with Crippen molar-refractivity contribution in [2.75, 3.05) is 23.4 Å². The lowest BCUT2D eigenvalue weighted by Gasteiger charge is -2.21. The molecule has 0 radical (unpaired) electrons. The summed E-state index contributed by atoms with van der Waals surface area (Å²) < 4.78 is 5.79. The van der Waals surface area contributed by atoms with Gasteiger partial charge in [-0.1, -0.05) is 29.5 Å². The molecule has 4 aromatic rings. The van der Waals surface area contributed by atoms with Gasteiger partial charge in [0.25, 0.3) is 11.8 Å². The van der Waals surface area contributed by atoms with Gasteiger partial charge in [0, 0.05) is 29.2 Å². The van der Waals surface area contributed by atoms with E-state index in [0.29, 0.717) is 27.0 Å². The third kappa shape index (κ3) is 5.74. The van der Waals surface area contributed by atoms with Gasteiger partial charge in [-0.2, -0.15) is 0 Å². The second-order valence-electron chi connectivity index (χ2n) is 7.00. The summed E-state index contributed by atoms with van der Waals surface area (Å²) in [5.74, 6) is -0.239. The topological polar surface area (TPSA) is 117 Å². The molecule has 0 saturated carbocycles. The van der Waals surface area contributed by atoms with Crippen LogP contribution < -0.4 is 20.4 Å². The maximum atomic E-state index is 13.3. The third-order valence-electron chi connectivity index (χ3n) is 4.76. The summed E-state index contributed by atoms with van der Waals surface area (Å²) in [4.78, 5) is 34.7. The lowest BCUT2D eigenvalue weighted by atomic mass is 10.2. The molecule has 2 aromatic heterocycles. The molecule has 2 aromatic carbocycles. The molecule has 0 aliphatic rings. The van der Waals surface area contributed by atoms with Gasteiger partial charge in [0.05, 0.1) is 12.7 Å². The average Bonchev–Trinajstić information content (AvgIpc) is 3.35. The molecule has 0 atom stereocenters. The minimum absolute atomic E-state index is 0.168. The van der Waals surface area contributed by atoms with E-state index >= 15 is 0 Å². The Morgan fingerprint density at radius 3 is 2.41 bits per heavy atom. The Bertz CT molecular complexity index is 1230. The summed E-state index contributed by atoms with van der Waals surface area (Å²) in [6.45, 7) is 0.499. The van der Waals surface area contributed by atoms with E-state index in [1.165, 1.54) is 23.5 Å². The van der Waals surface area contributed by atoms with Crippen LogP contribution in [0.1, 0.15) is 20.7 Å². The van der Waals surface area contributed by atoms with E-state index in [-0.39, 0.29) is 19.1 Å². The van der Waals surface area contributed by atoms with Crippen LogP contribution in [0.5, 0.6) is 5.75 Å². The number of pyridine rings is 1. The number of ether oxygens (including phenoxy) is 1. The Hall–Kier alpha value is -4.28. The largest absolute Gasteiger partial charge is 0.492 e. The fourth-order valence-corrected chi connectivity index (χ4v) is 3.94. The summed E-state index contributed by atoms with van der Waals surface area (Å²) in [5, 5.41) is 13.2. The second-order valence-corrected chi connectivity index (χ2v) is 8.01. The lowest BCUT2D eigenvalue weighted by molar-refractivity contribution is 0.0706. The van der Waals surface area contributed by atoms with Crippen LogP contribution in [-0.4, -0.2) is 40.1 Å². The molecule has 172 valence electrons. The Morgan fingerprint density at radius 1 is 0.971 bits per heavy atom. The summed E-state index contributed by atoms with van der Waals surface area (Å²) in [5.41, 5.74) is 3.29. The number of amides is 2. The number of thiazole rings is 1. The molecular formula is C24H21N5O4S. The van der Waals surface area contributed by atoms with Crippen LogP contribution >= 0.6 is 11.3 Å². The highest BCUT2D eigenvalue weighted by Gasteiger charge is 2.20. The number of carbonyl (C=O) groups excluding carboxylic acids is 2. The van der Waals surface area contributed by atoms with Gasteiger partial charge in [-0.3, -0.25) is 24.7 Å². The molecule has 0 unspecified atom stereocenters. The molecule has 0 saturated heterocycles. The molecule has 2 amide bonds. The van der Waals surface area contributed by atoms with Gasteiger partial charge in [0.1, 0.15) is 17.4 Å². The number of hydrogen-bond acceptors (Lipinski definition) is 8. The Morgan fingerprint density at radius 2 is 1.71 bits per heavy atom. The zero-order valence-electron chi connectivity index (χ0n) is 17.9. The second kappa shape index (κ2) is 11.0. The van der Waals surface area contributed by atoms with E-state index in [9.17, 15) is 9.59 Å². The van der Waals surface area contributed by atoms with Crippen molar-refractivity contribution in [1.82, 2.24) is 15.4 Å². The van der Waals surface area contributed by atoms with Crippen molar-refractivity contribution in [3.8, 4) is 5.75 Å². The van der Waals surface area contributed by atoms with Crippen molar-refractivity contribution in [1.29, 1.82) is 0 Å². The van der Waals surface area contributed by atoms with E-state index in [1.54, 1.807) is 53.2 Å². The predicted molar refractivity (Wildman–Crippen MR) is 129 cm³/mol. The van der Waals surface area contributed by atoms with Crippen molar-refractivity contribution in [2.24, 2.45) is 0 Å². The van der Waals surface area contributed by atoms with Crippen LogP contribution in [0.15, 0.2) is 85.3 Å². The fourth-order valence-electron chi connectivity index (χ4n) is 3.08. The van der Waals surface area contributed by atoms with Crippen LogP contribution in [0.3, 0.4) is 0 Å². The molecule has 3 N–H and O–H groups in total. The van der Waals surface area contributed by atoms with Crippen LogP contribution in [-0.2, 0) is 0 Å². The first-order valence-electron chi connectivity index (χ1n) is 10.3. The van der Waals surface area contributed by atoms with Crippen LogP contribution in [0.2, 0.25) is 0 Å². The minimum Gasteiger partial charge on any atom is -0.492 e. The normalized spacial score (nSPS) is 10.4. The van der Waals surface area contributed by atoms with E-state index in [4.69, 9.17) is 9.94 Å². The molecule has 0 spiro atoms. The van der Waals surface area contributed by atoms with Gasteiger partial charge in [-0.25, -0.2) is 10.5 Å². The van der Waals surface area contributed by atoms with Crippen LogP contribution in [0.25, 0.3) is 0 Å². The highest BCUT2D eigenvalue weighted by Crippen LogP contribution is 2.30. The molecule has 34 heavy (non-hydrogen) atoms. The number of hydroxylamine groups is 1. The first-order valence-corrected chi connectivity index (χ1v) is 11.1. The Balaban J connectivity index is 1.47. The summed E-state index contributed by atoms with van der Waals surface area (Å²) in [6.07, 6.45) is 5.02. The van der Waals surface area contributed by atoms with E-state index in [2.05, 4.69) is 15.3 Å². The number of aromatic nitrogens is 2. The highest BCUT2D eigenvalue weighted by molar-refractivity contribution is 7.19. The highest BCUT2D eigenvalue weighted by atomic mass is 32.1. The molecular weight excluding hydrogens is 454 g/mol. The molecule has 0 aliphatic heterocycles. The van der Waals surface area contributed by atoms with Crippen molar-refractivity contribution in [3.63, 3.8) is 0 Å². The fraction of sp³-hybridized carbons (Fsp3) is 0.0833. The molecule has 2 heterocycles. The van der Waals surface area contributed by atoms with E-state index in [0.717, 1.165) is 5.69 Å². The van der Waals surface area contributed by atoms with Gasteiger partial charge in [0.2, 0.25) is 0 Å². The molecule has 0 aliphatic carbocycles. The lowest BCUT2D eigenvalue weighted by Crippen LogP contribution is -2.34. The maximum Gasteiger partial charge on any atom is 0.274 e. The minimum atomic E-state index is -0.604. The molecule has 10 heteroatoms. The zero-order valence-corrected chi connectivity index (χ0v) is 18.7. The van der Waals surface area contributed by atoms with Crippen molar-refractivity contribution >= 4 is 39.0 Å². The number of nitrogens with one attached hydrogen (secondary N) is 2. The molecule has 9 nitrogen and oxygen atoms in total. The number of hydrogen-bond donors (Lipinski definition) is 3. The smallest absolute Gasteiger partial charge is 0.274 e. The average molecular weight is 476 g/mol. The van der Waals surface area contributed by atoms with E-state index < -0.39 is 5.91 Å². The van der Waals surface area contributed by atoms with Crippen LogP contribution in [0, 0.1) is 0 Å². The Labute approximate surface area is 199 Å². The van der Waals surface area contributed by atoms with Crippen molar-refractivity contribution in [2.45, 2.75) is 0 Å². The first kappa shape index (κ1) is 22.9. The van der Waals surface area contributed by atoms with Crippen LogP contribution in [0.4, 0.5) is 15.8 Å². The van der Waals surface area contributed by atoms with Gasteiger partial charge in [0.15, 0.2) is 5.13 Å². The maximum absolute atomic E-state index is 13.3. The molecule has 0 bridgehead atoms. The monoisotopic (exact) mass is 475 g/mol. The molecule has 0 fully saturated rings. The zero-order chi connectivity index (χ0) is 23.8. The van der Waals surface area contributed by atoms with Crippen molar-refractivity contribution in [3.05, 3.63) is 96.4 Å². The Kier molecular flexibility index (Phi) is 7.43. The number of anilines is 3. The summed E-state index contributed by atoms with van der Waals surface area (Å²) >= 11 is 1.35. The summed E-state index contributed by atoms with van der Waals surface area (Å²) in [6, 6.07) is 19.0. The number of rotatable bonds is 9. The predicted octanol–water partition coefficient (Wildman–Crippen LogP) is 4.13. The first-order chi connectivity index (χ1) is 16.6. The summed E-state index contributed by atoms with van der Waals surface area (Å²) in [7, 11) is 0. The number of carbonyl (C=O) groups is 2. The quantitative estimate of drug-likeness (QED) is 0.246. The van der Waals surface area contributed by atoms with Gasteiger partial charge in [-0.15, -0.1) is 0 Å². The van der Waals surface area contributed by atoms with E-state index in [1.807, 2.05) is 30.3 Å². The van der Waals surface area contributed by atoms with Gasteiger partial charge < -0.3 is 10.1 Å². The number of benzene rings is 2. The number of nitrogens with zero attached hydrogens (tertiary/aromatic N) is 3. The standard InChI is InChI=1S/C24H21N5O4S/c30-22(28-32)17-6-8-20(9-7-17)33-15-14-29(23(31)18-4-2-1-3-5-18)21-16-26-24(34-21)27-19-10-12-25-13-11-19/h1-13,16,32H,14-15H2,(H,28,30)(H,25,26,27). The van der Waals surface area contributed by atoms with Crippen molar-refractivity contribution < 1.29 is 19.5 Å². The SMILES string of the molecule is O=C(NO)c1ccc(OCCN(C(=O)c2ccccc2)c2cnc(Nc3ccncc3)s2)cc1. The third-order valence-corrected chi connectivity index (χ3v) is 5.69. The van der Waals surface area contributed by atoms with Gasteiger partial charge >= 0.3 is 0 Å².